The monoisotopic (exact) mass is 275 g/mol. The summed E-state index contributed by atoms with van der Waals surface area (Å²) in [6, 6.07) is 9.33. The van der Waals surface area contributed by atoms with Gasteiger partial charge in [-0.2, -0.15) is 0 Å². The lowest BCUT2D eigenvalue weighted by molar-refractivity contribution is 0.462. The zero-order valence-electron chi connectivity index (χ0n) is 12.4. The van der Waals surface area contributed by atoms with E-state index in [2.05, 4.69) is 19.2 Å². The van der Waals surface area contributed by atoms with Crippen LogP contribution >= 0.6 is 0 Å². The number of rotatable bonds is 6. The molecule has 0 saturated heterocycles. The molecule has 0 aliphatic carbocycles. The van der Waals surface area contributed by atoms with E-state index in [0.717, 1.165) is 30.7 Å². The molecule has 1 atom stereocenters. The molecule has 0 spiro atoms. The molecule has 0 amide bonds. The lowest BCUT2D eigenvalue weighted by atomic mass is 10.1. The van der Waals surface area contributed by atoms with Crippen LogP contribution in [0.15, 0.2) is 34.7 Å². The largest absolute Gasteiger partial charge is 0.461 e. The quantitative estimate of drug-likeness (QED) is 0.849. The van der Waals surface area contributed by atoms with Crippen LogP contribution in [0.2, 0.25) is 0 Å². The van der Waals surface area contributed by atoms with Gasteiger partial charge in [-0.1, -0.05) is 13.0 Å². The van der Waals surface area contributed by atoms with Crippen LogP contribution < -0.4 is 5.32 Å². The topological polar surface area (TPSA) is 25.2 Å². The standard InChI is InChI=1S/C17H22FNO/c1-4-9-19-13(3)11-14-6-8-17(20-14)15-7-5-12(2)10-16(15)18/h5-8,10,13,19H,4,9,11H2,1-3H3. The molecule has 2 rings (SSSR count). The van der Waals surface area contributed by atoms with Crippen LogP contribution in [0.25, 0.3) is 11.3 Å². The van der Waals surface area contributed by atoms with Crippen LogP contribution in [-0.2, 0) is 6.42 Å². The number of hydrogen-bond acceptors (Lipinski definition) is 2. The number of aryl methyl sites for hydroxylation is 1. The van der Waals surface area contributed by atoms with Crippen molar-refractivity contribution in [3.63, 3.8) is 0 Å². The summed E-state index contributed by atoms with van der Waals surface area (Å²) in [7, 11) is 0. The highest BCUT2D eigenvalue weighted by atomic mass is 19.1. The van der Waals surface area contributed by atoms with E-state index in [1.165, 1.54) is 6.07 Å². The van der Waals surface area contributed by atoms with E-state index in [-0.39, 0.29) is 5.82 Å². The molecule has 20 heavy (non-hydrogen) atoms. The molecule has 1 N–H and O–H groups in total. The first-order valence-corrected chi connectivity index (χ1v) is 7.18. The smallest absolute Gasteiger partial charge is 0.137 e. The van der Waals surface area contributed by atoms with Gasteiger partial charge in [-0.15, -0.1) is 0 Å². The average Bonchev–Trinajstić information content (AvgIpc) is 2.84. The fraction of sp³-hybridized carbons (Fsp3) is 0.412. The van der Waals surface area contributed by atoms with E-state index < -0.39 is 0 Å². The molecule has 108 valence electrons. The van der Waals surface area contributed by atoms with E-state index >= 15 is 0 Å². The van der Waals surface area contributed by atoms with Crippen molar-refractivity contribution >= 4 is 0 Å². The molecule has 0 aliphatic heterocycles. The molecule has 1 unspecified atom stereocenters. The first-order chi connectivity index (χ1) is 9.60. The van der Waals surface area contributed by atoms with Gasteiger partial charge in [0.25, 0.3) is 0 Å². The van der Waals surface area contributed by atoms with E-state index in [1.807, 2.05) is 25.1 Å². The van der Waals surface area contributed by atoms with E-state index in [9.17, 15) is 4.39 Å². The third kappa shape index (κ3) is 3.70. The van der Waals surface area contributed by atoms with Crippen LogP contribution in [0.4, 0.5) is 4.39 Å². The molecule has 0 fully saturated rings. The van der Waals surface area contributed by atoms with Crippen molar-refractivity contribution in [1.29, 1.82) is 0 Å². The number of halogens is 1. The summed E-state index contributed by atoms with van der Waals surface area (Å²) in [6.07, 6.45) is 1.93. The minimum absolute atomic E-state index is 0.233. The summed E-state index contributed by atoms with van der Waals surface area (Å²) in [6.45, 7) is 7.15. The Kier molecular flexibility index (Phi) is 4.96. The van der Waals surface area contributed by atoms with Gasteiger partial charge in [0.05, 0.1) is 5.56 Å². The van der Waals surface area contributed by atoms with Crippen LogP contribution in [0.3, 0.4) is 0 Å². The zero-order chi connectivity index (χ0) is 14.5. The fourth-order valence-electron chi connectivity index (χ4n) is 2.22. The van der Waals surface area contributed by atoms with Gasteiger partial charge in [0.15, 0.2) is 0 Å². The van der Waals surface area contributed by atoms with Gasteiger partial charge in [0.1, 0.15) is 17.3 Å². The Labute approximate surface area is 120 Å². The van der Waals surface area contributed by atoms with Crippen LogP contribution in [0.1, 0.15) is 31.6 Å². The number of nitrogens with one attached hydrogen (secondary N) is 1. The number of furan rings is 1. The summed E-state index contributed by atoms with van der Waals surface area (Å²) in [5.74, 6) is 1.25. The third-order valence-electron chi connectivity index (χ3n) is 3.30. The Morgan fingerprint density at radius 1 is 1.25 bits per heavy atom. The van der Waals surface area contributed by atoms with Gasteiger partial charge < -0.3 is 9.73 Å². The van der Waals surface area contributed by atoms with Gasteiger partial charge >= 0.3 is 0 Å². The first-order valence-electron chi connectivity index (χ1n) is 7.18. The van der Waals surface area contributed by atoms with Crippen molar-refractivity contribution in [1.82, 2.24) is 5.32 Å². The highest BCUT2D eigenvalue weighted by Gasteiger charge is 2.11. The SMILES string of the molecule is CCCNC(C)Cc1ccc(-c2ccc(C)cc2F)o1. The van der Waals surface area contributed by atoms with Crippen molar-refractivity contribution in [3.8, 4) is 11.3 Å². The molecule has 1 aromatic carbocycles. The first kappa shape index (κ1) is 14.8. The maximum atomic E-state index is 13.9. The Balaban J connectivity index is 2.08. The van der Waals surface area contributed by atoms with Crippen molar-refractivity contribution in [2.45, 2.75) is 39.7 Å². The van der Waals surface area contributed by atoms with Crippen molar-refractivity contribution < 1.29 is 8.81 Å². The van der Waals surface area contributed by atoms with Crippen LogP contribution in [-0.4, -0.2) is 12.6 Å². The third-order valence-corrected chi connectivity index (χ3v) is 3.30. The molecule has 3 heteroatoms. The van der Waals surface area contributed by atoms with E-state index in [4.69, 9.17) is 4.42 Å². The Bertz CT molecular complexity index is 562. The van der Waals surface area contributed by atoms with Crippen LogP contribution in [0, 0.1) is 12.7 Å². The molecule has 0 saturated carbocycles. The maximum absolute atomic E-state index is 13.9. The minimum atomic E-state index is -0.233. The highest BCUT2D eigenvalue weighted by molar-refractivity contribution is 5.59. The summed E-state index contributed by atoms with van der Waals surface area (Å²) in [4.78, 5) is 0. The van der Waals surface area contributed by atoms with Gasteiger partial charge in [-0.3, -0.25) is 0 Å². The maximum Gasteiger partial charge on any atom is 0.137 e. The summed E-state index contributed by atoms with van der Waals surface area (Å²) in [5.41, 5.74) is 1.44. The molecule has 0 bridgehead atoms. The molecule has 1 heterocycles. The molecule has 0 aliphatic rings. The fourth-order valence-corrected chi connectivity index (χ4v) is 2.22. The Morgan fingerprint density at radius 3 is 2.75 bits per heavy atom. The minimum Gasteiger partial charge on any atom is -0.461 e. The predicted molar refractivity (Wildman–Crippen MR) is 80.3 cm³/mol. The molecule has 2 aromatic rings. The van der Waals surface area contributed by atoms with Crippen molar-refractivity contribution in [3.05, 3.63) is 47.5 Å². The predicted octanol–water partition coefficient (Wildman–Crippen LogP) is 4.32. The van der Waals surface area contributed by atoms with Gasteiger partial charge in [-0.25, -0.2) is 4.39 Å². The van der Waals surface area contributed by atoms with Gasteiger partial charge in [0, 0.05) is 12.5 Å². The van der Waals surface area contributed by atoms with Crippen molar-refractivity contribution in [2.75, 3.05) is 6.54 Å². The van der Waals surface area contributed by atoms with E-state index in [0.29, 0.717) is 17.4 Å². The van der Waals surface area contributed by atoms with E-state index in [1.54, 1.807) is 6.07 Å². The molecular formula is C17H22FNO. The van der Waals surface area contributed by atoms with Crippen molar-refractivity contribution in [2.24, 2.45) is 0 Å². The zero-order valence-corrected chi connectivity index (χ0v) is 12.4. The van der Waals surface area contributed by atoms with Gasteiger partial charge in [-0.05, 0) is 56.6 Å². The highest BCUT2D eigenvalue weighted by Crippen LogP contribution is 2.26. The summed E-state index contributed by atoms with van der Waals surface area (Å²) < 4.78 is 19.7. The average molecular weight is 275 g/mol. The lowest BCUT2D eigenvalue weighted by Gasteiger charge is -2.11. The molecule has 0 radical (unpaired) electrons. The van der Waals surface area contributed by atoms with Gasteiger partial charge in [0.2, 0.25) is 0 Å². The normalized spacial score (nSPS) is 12.6. The Morgan fingerprint density at radius 2 is 2.05 bits per heavy atom. The molecule has 2 nitrogen and oxygen atoms in total. The number of benzene rings is 1. The summed E-state index contributed by atoms with van der Waals surface area (Å²) in [5, 5.41) is 3.41. The summed E-state index contributed by atoms with van der Waals surface area (Å²) >= 11 is 0. The molecule has 1 aromatic heterocycles. The second kappa shape index (κ2) is 6.71. The second-order valence-electron chi connectivity index (χ2n) is 5.31. The number of hydrogen-bond donors (Lipinski definition) is 1. The Hall–Kier alpha value is -1.61. The molecular weight excluding hydrogens is 253 g/mol. The second-order valence-corrected chi connectivity index (χ2v) is 5.31. The lowest BCUT2D eigenvalue weighted by Crippen LogP contribution is -2.28. The van der Waals surface area contributed by atoms with Crippen LogP contribution in [0.5, 0.6) is 0 Å².